The fourth-order valence-corrected chi connectivity index (χ4v) is 2.22. The van der Waals surface area contributed by atoms with Crippen molar-refractivity contribution in [1.29, 1.82) is 5.26 Å². The molecule has 0 fully saturated rings. The van der Waals surface area contributed by atoms with Crippen molar-refractivity contribution >= 4 is 29.9 Å². The van der Waals surface area contributed by atoms with Crippen molar-refractivity contribution < 1.29 is 4.74 Å². The Labute approximate surface area is 166 Å². The molecule has 2 N–H and O–H groups in total. The van der Waals surface area contributed by atoms with E-state index in [4.69, 9.17) is 10.00 Å². The van der Waals surface area contributed by atoms with Gasteiger partial charge in [-0.2, -0.15) is 5.26 Å². The van der Waals surface area contributed by atoms with Crippen LogP contribution in [0.2, 0.25) is 0 Å². The Morgan fingerprint density at radius 3 is 2.60 bits per heavy atom. The lowest BCUT2D eigenvalue weighted by Crippen LogP contribution is -2.36. The van der Waals surface area contributed by atoms with Gasteiger partial charge in [-0.25, -0.2) is 4.99 Å². The van der Waals surface area contributed by atoms with Crippen molar-refractivity contribution in [2.45, 2.75) is 20.0 Å². The summed E-state index contributed by atoms with van der Waals surface area (Å²) in [7, 11) is 1.66. The van der Waals surface area contributed by atoms with Crippen LogP contribution in [-0.4, -0.2) is 19.6 Å². The maximum absolute atomic E-state index is 8.96. The smallest absolute Gasteiger partial charge is 0.191 e. The Morgan fingerprint density at radius 1 is 1.12 bits per heavy atom. The second-order valence-corrected chi connectivity index (χ2v) is 5.21. The molecule has 2 aromatic carbocycles. The highest BCUT2D eigenvalue weighted by Gasteiger charge is 2.01. The van der Waals surface area contributed by atoms with Gasteiger partial charge in [0.15, 0.2) is 5.96 Å². The summed E-state index contributed by atoms with van der Waals surface area (Å²) < 4.78 is 5.24. The fourth-order valence-electron chi connectivity index (χ4n) is 2.22. The molecule has 0 atom stereocenters. The Hall–Kier alpha value is -2.27. The Balaban J connectivity index is 0.00000312. The van der Waals surface area contributed by atoms with E-state index in [9.17, 15) is 0 Å². The largest absolute Gasteiger partial charge is 0.497 e. The van der Waals surface area contributed by atoms with Gasteiger partial charge in [0.25, 0.3) is 0 Å². The molecule has 0 spiro atoms. The number of methoxy groups -OCH3 is 1. The molecule has 0 heterocycles. The second kappa shape index (κ2) is 11.3. The molecule has 132 valence electrons. The van der Waals surface area contributed by atoms with Crippen LogP contribution in [0.1, 0.15) is 23.6 Å². The highest BCUT2D eigenvalue weighted by Crippen LogP contribution is 2.12. The van der Waals surface area contributed by atoms with Crippen LogP contribution >= 0.6 is 24.0 Å². The first-order valence-corrected chi connectivity index (χ1v) is 7.89. The van der Waals surface area contributed by atoms with Crippen LogP contribution < -0.4 is 15.4 Å². The molecular formula is C19H23IN4O. The number of nitrogens with one attached hydrogen (secondary N) is 2. The molecule has 0 unspecified atom stereocenters. The molecule has 0 saturated carbocycles. The van der Waals surface area contributed by atoms with Crippen LogP contribution in [0, 0.1) is 11.3 Å². The van der Waals surface area contributed by atoms with Gasteiger partial charge >= 0.3 is 0 Å². The van der Waals surface area contributed by atoms with Gasteiger partial charge in [0.05, 0.1) is 25.3 Å². The summed E-state index contributed by atoms with van der Waals surface area (Å²) in [6.45, 7) is 3.98. The van der Waals surface area contributed by atoms with E-state index in [-0.39, 0.29) is 24.0 Å². The lowest BCUT2D eigenvalue weighted by atomic mass is 10.1. The number of aliphatic imine (C=N–C) groups is 1. The van der Waals surface area contributed by atoms with Gasteiger partial charge in [-0.15, -0.1) is 24.0 Å². The predicted octanol–water partition coefficient (Wildman–Crippen LogP) is 3.44. The van der Waals surface area contributed by atoms with E-state index in [2.05, 4.69) is 21.7 Å². The maximum Gasteiger partial charge on any atom is 0.191 e. The molecule has 0 bridgehead atoms. The summed E-state index contributed by atoms with van der Waals surface area (Å²) in [4.78, 5) is 4.57. The van der Waals surface area contributed by atoms with Crippen molar-refractivity contribution in [3.05, 3.63) is 65.2 Å². The Bertz CT molecular complexity index is 740. The van der Waals surface area contributed by atoms with Gasteiger partial charge in [0.2, 0.25) is 0 Å². The summed E-state index contributed by atoms with van der Waals surface area (Å²) in [6, 6.07) is 17.6. The number of benzene rings is 2. The fraction of sp³-hybridized carbons (Fsp3) is 0.263. The molecule has 25 heavy (non-hydrogen) atoms. The van der Waals surface area contributed by atoms with Crippen LogP contribution in [0.15, 0.2) is 53.5 Å². The molecule has 0 radical (unpaired) electrons. The number of hydrogen-bond donors (Lipinski definition) is 2. The highest BCUT2D eigenvalue weighted by molar-refractivity contribution is 14.0. The minimum absolute atomic E-state index is 0. The van der Waals surface area contributed by atoms with E-state index in [1.165, 1.54) is 0 Å². The standard InChI is InChI=1S/C19H22N4O.HI/c1-3-21-19(22-13-16-7-4-6-15(10-16)12-20)23-14-17-8-5-9-18(11-17)24-2;/h4-11H,3,13-14H2,1-2H3,(H2,21,22,23);1H. The van der Waals surface area contributed by atoms with Crippen LogP contribution in [0.5, 0.6) is 5.75 Å². The van der Waals surface area contributed by atoms with Crippen molar-refractivity contribution in [2.75, 3.05) is 13.7 Å². The molecule has 0 amide bonds. The molecule has 2 rings (SSSR count). The normalized spacial score (nSPS) is 10.4. The van der Waals surface area contributed by atoms with Crippen molar-refractivity contribution in [3.63, 3.8) is 0 Å². The first kappa shape index (κ1) is 20.8. The number of nitriles is 1. The zero-order valence-corrected chi connectivity index (χ0v) is 16.8. The summed E-state index contributed by atoms with van der Waals surface area (Å²) >= 11 is 0. The number of nitrogens with zero attached hydrogens (tertiary/aromatic N) is 2. The zero-order valence-electron chi connectivity index (χ0n) is 14.5. The third-order valence-corrected chi connectivity index (χ3v) is 3.41. The monoisotopic (exact) mass is 450 g/mol. The number of guanidine groups is 1. The third kappa shape index (κ3) is 7.01. The second-order valence-electron chi connectivity index (χ2n) is 5.21. The van der Waals surface area contributed by atoms with Gasteiger partial charge in [0, 0.05) is 13.1 Å². The van der Waals surface area contributed by atoms with Gasteiger partial charge in [-0.3, -0.25) is 0 Å². The van der Waals surface area contributed by atoms with Crippen molar-refractivity contribution in [1.82, 2.24) is 10.6 Å². The first-order valence-electron chi connectivity index (χ1n) is 7.89. The maximum atomic E-state index is 8.96. The molecule has 0 aromatic heterocycles. The molecule has 0 aliphatic carbocycles. The molecule has 0 aliphatic rings. The summed E-state index contributed by atoms with van der Waals surface area (Å²) in [6.07, 6.45) is 0. The SMILES string of the molecule is CCNC(=NCc1cccc(C#N)c1)NCc1cccc(OC)c1.I. The summed E-state index contributed by atoms with van der Waals surface area (Å²) in [5, 5.41) is 15.5. The third-order valence-electron chi connectivity index (χ3n) is 3.41. The number of rotatable bonds is 6. The Kier molecular flexibility index (Phi) is 9.40. The Morgan fingerprint density at radius 2 is 1.88 bits per heavy atom. The number of hydrogen-bond acceptors (Lipinski definition) is 3. The summed E-state index contributed by atoms with van der Waals surface area (Å²) in [5.74, 6) is 1.58. The lowest BCUT2D eigenvalue weighted by Gasteiger charge is -2.12. The first-order chi connectivity index (χ1) is 11.7. The van der Waals surface area contributed by atoms with E-state index in [0.29, 0.717) is 18.7 Å². The molecule has 6 heteroatoms. The molecule has 5 nitrogen and oxygen atoms in total. The van der Waals surface area contributed by atoms with E-state index in [1.807, 2.05) is 49.4 Å². The van der Waals surface area contributed by atoms with E-state index >= 15 is 0 Å². The minimum atomic E-state index is 0. The molecule has 2 aromatic rings. The topological polar surface area (TPSA) is 69.4 Å². The highest BCUT2D eigenvalue weighted by atomic mass is 127. The zero-order chi connectivity index (χ0) is 17.2. The number of ether oxygens (including phenoxy) is 1. The van der Waals surface area contributed by atoms with Crippen LogP contribution in [0.4, 0.5) is 0 Å². The van der Waals surface area contributed by atoms with Crippen LogP contribution in [0.25, 0.3) is 0 Å². The average Bonchev–Trinajstić information content (AvgIpc) is 2.64. The van der Waals surface area contributed by atoms with Gasteiger partial charge in [0.1, 0.15) is 5.75 Å². The van der Waals surface area contributed by atoms with Gasteiger partial charge in [-0.1, -0.05) is 24.3 Å². The van der Waals surface area contributed by atoms with Crippen LogP contribution in [0.3, 0.4) is 0 Å². The quantitative estimate of drug-likeness (QED) is 0.402. The summed E-state index contributed by atoms with van der Waals surface area (Å²) in [5.41, 5.74) is 2.77. The lowest BCUT2D eigenvalue weighted by molar-refractivity contribution is 0.414. The van der Waals surface area contributed by atoms with E-state index < -0.39 is 0 Å². The minimum Gasteiger partial charge on any atom is -0.497 e. The molecule has 0 saturated heterocycles. The van der Waals surface area contributed by atoms with Gasteiger partial charge < -0.3 is 15.4 Å². The van der Waals surface area contributed by atoms with E-state index in [0.717, 1.165) is 29.4 Å². The molecular weight excluding hydrogens is 427 g/mol. The molecule has 0 aliphatic heterocycles. The van der Waals surface area contributed by atoms with Crippen molar-refractivity contribution in [2.24, 2.45) is 4.99 Å². The predicted molar refractivity (Wildman–Crippen MR) is 111 cm³/mol. The number of halogens is 1. The van der Waals surface area contributed by atoms with Gasteiger partial charge in [-0.05, 0) is 42.3 Å². The van der Waals surface area contributed by atoms with Crippen molar-refractivity contribution in [3.8, 4) is 11.8 Å². The van der Waals surface area contributed by atoms with E-state index in [1.54, 1.807) is 13.2 Å². The van der Waals surface area contributed by atoms with Crippen LogP contribution in [-0.2, 0) is 13.1 Å². The average molecular weight is 450 g/mol.